The van der Waals surface area contributed by atoms with Crippen LogP contribution in [0, 0.1) is 0 Å². The molecule has 55 heavy (non-hydrogen) atoms. The van der Waals surface area contributed by atoms with Gasteiger partial charge in [-0.2, -0.15) is 0 Å². The zero-order valence-corrected chi connectivity index (χ0v) is 30.3. The Morgan fingerprint density at radius 2 is 0.582 bits per heavy atom. The molecule has 9 aromatic carbocycles. The summed E-state index contributed by atoms with van der Waals surface area (Å²) < 4.78 is 2.43. The summed E-state index contributed by atoms with van der Waals surface area (Å²) in [4.78, 5) is 0. The molecule has 0 aliphatic carbocycles. The van der Waals surface area contributed by atoms with E-state index >= 15 is 0 Å². The van der Waals surface area contributed by atoms with E-state index < -0.39 is 0 Å². The molecule has 1 aromatic heterocycles. The molecule has 10 rings (SSSR count). The molecule has 0 spiro atoms. The van der Waals surface area contributed by atoms with Crippen LogP contribution >= 0.6 is 0 Å². The Hall–Kier alpha value is -7.22. The number of aromatic nitrogens is 1. The van der Waals surface area contributed by atoms with E-state index in [0.717, 1.165) is 17.1 Å². The molecular formula is C54H37N. The lowest BCUT2D eigenvalue weighted by atomic mass is 9.84. The second-order valence-corrected chi connectivity index (χ2v) is 14.1. The van der Waals surface area contributed by atoms with Crippen LogP contribution in [-0.4, -0.2) is 4.57 Å². The van der Waals surface area contributed by atoms with Crippen molar-refractivity contribution in [2.24, 2.45) is 0 Å². The van der Waals surface area contributed by atoms with Gasteiger partial charge in [0.1, 0.15) is 0 Å². The largest absolute Gasteiger partial charge is 0.309 e. The molecule has 1 nitrogen and oxygen atoms in total. The molecule has 1 heteroatoms. The predicted molar refractivity (Wildman–Crippen MR) is 233 cm³/mol. The minimum atomic E-state index is 1.12. The Kier molecular flexibility index (Phi) is 8.24. The minimum Gasteiger partial charge on any atom is -0.309 e. The number of hydrogen-bond donors (Lipinski definition) is 0. The van der Waals surface area contributed by atoms with Crippen molar-refractivity contribution in [3.05, 3.63) is 224 Å². The van der Waals surface area contributed by atoms with Crippen LogP contribution in [0.1, 0.15) is 0 Å². The van der Waals surface area contributed by atoms with Crippen molar-refractivity contribution in [1.82, 2.24) is 4.57 Å². The quantitative estimate of drug-likeness (QED) is 0.146. The van der Waals surface area contributed by atoms with Gasteiger partial charge in [0.2, 0.25) is 0 Å². The highest BCUT2D eigenvalue weighted by molar-refractivity contribution is 6.22. The Morgan fingerprint density at radius 3 is 1.05 bits per heavy atom. The van der Waals surface area contributed by atoms with E-state index in [2.05, 4.69) is 229 Å². The lowest BCUT2D eigenvalue weighted by Gasteiger charge is -2.21. The van der Waals surface area contributed by atoms with Crippen LogP contribution in [0.15, 0.2) is 224 Å². The Bertz CT molecular complexity index is 2880. The topological polar surface area (TPSA) is 4.93 Å². The van der Waals surface area contributed by atoms with Gasteiger partial charge in [0, 0.05) is 5.69 Å². The monoisotopic (exact) mass is 699 g/mol. The predicted octanol–water partition coefficient (Wildman–Crippen LogP) is 14.8. The maximum atomic E-state index is 2.43. The molecule has 0 radical (unpaired) electrons. The summed E-state index contributed by atoms with van der Waals surface area (Å²) in [5, 5.41) is 4.91. The van der Waals surface area contributed by atoms with Gasteiger partial charge in [-0.15, -0.1) is 0 Å². The van der Waals surface area contributed by atoms with Crippen molar-refractivity contribution in [3.8, 4) is 72.7 Å². The van der Waals surface area contributed by atoms with Crippen LogP contribution in [0.4, 0.5) is 0 Å². The van der Waals surface area contributed by atoms with Gasteiger partial charge in [0.15, 0.2) is 0 Å². The highest BCUT2D eigenvalue weighted by Gasteiger charge is 2.20. The molecule has 0 aliphatic heterocycles. The molecule has 10 aromatic rings. The maximum Gasteiger partial charge on any atom is 0.0535 e. The van der Waals surface area contributed by atoms with Crippen LogP contribution in [0.5, 0.6) is 0 Å². The van der Waals surface area contributed by atoms with Gasteiger partial charge >= 0.3 is 0 Å². The van der Waals surface area contributed by atoms with Gasteiger partial charge in [-0.05, 0) is 114 Å². The van der Waals surface area contributed by atoms with Crippen LogP contribution in [0.3, 0.4) is 0 Å². The molecule has 0 amide bonds. The van der Waals surface area contributed by atoms with E-state index in [1.54, 1.807) is 0 Å². The van der Waals surface area contributed by atoms with Gasteiger partial charge in [0.25, 0.3) is 0 Å². The Labute approximate surface area is 322 Å². The van der Waals surface area contributed by atoms with E-state index in [9.17, 15) is 0 Å². The number of rotatable bonds is 7. The number of benzene rings is 9. The zero-order chi connectivity index (χ0) is 36.6. The summed E-state index contributed by atoms with van der Waals surface area (Å²) in [6.45, 7) is 0. The summed E-state index contributed by atoms with van der Waals surface area (Å²) in [5.41, 5.74) is 15.5. The fourth-order valence-electron chi connectivity index (χ4n) is 8.28. The summed E-state index contributed by atoms with van der Waals surface area (Å²) >= 11 is 0. The molecule has 0 atom stereocenters. The second-order valence-electron chi connectivity index (χ2n) is 14.1. The molecular weight excluding hydrogens is 663 g/mol. The van der Waals surface area contributed by atoms with Gasteiger partial charge in [-0.25, -0.2) is 0 Å². The summed E-state index contributed by atoms with van der Waals surface area (Å²) in [6, 6.07) is 81.5. The van der Waals surface area contributed by atoms with Crippen LogP contribution in [-0.2, 0) is 0 Å². The van der Waals surface area contributed by atoms with Crippen molar-refractivity contribution in [3.63, 3.8) is 0 Å². The smallest absolute Gasteiger partial charge is 0.0535 e. The van der Waals surface area contributed by atoms with E-state index in [1.807, 2.05) is 0 Å². The average Bonchev–Trinajstić information content (AvgIpc) is 3.72. The van der Waals surface area contributed by atoms with Crippen LogP contribution in [0.2, 0.25) is 0 Å². The van der Waals surface area contributed by atoms with Crippen LogP contribution in [0.25, 0.3) is 94.3 Å². The zero-order valence-electron chi connectivity index (χ0n) is 30.3. The average molecular weight is 700 g/mol. The highest BCUT2D eigenvalue weighted by atomic mass is 15.0. The van der Waals surface area contributed by atoms with E-state index in [0.29, 0.717) is 0 Å². The van der Waals surface area contributed by atoms with Gasteiger partial charge in [-0.1, -0.05) is 188 Å². The molecule has 0 fully saturated rings. The van der Waals surface area contributed by atoms with E-state index in [4.69, 9.17) is 0 Å². The molecule has 0 unspecified atom stereocenters. The number of fused-ring (bicyclic) bond motifs is 2. The Balaban J connectivity index is 1.30. The molecule has 1 heterocycles. The third-order valence-corrected chi connectivity index (χ3v) is 10.8. The molecule has 0 N–H and O–H groups in total. The highest BCUT2D eigenvalue weighted by Crippen LogP contribution is 2.46. The van der Waals surface area contributed by atoms with E-state index in [-0.39, 0.29) is 0 Å². The third-order valence-electron chi connectivity index (χ3n) is 10.8. The van der Waals surface area contributed by atoms with Crippen molar-refractivity contribution in [2.75, 3.05) is 0 Å². The SMILES string of the molecule is c1ccc(-c2cccc(-c3c4ccccc4c(-c4cccc(-c5ccccc5)c4)c4cc(-n5c(-c6ccccc6)ccc5-c5ccccc5)ccc34)c2)cc1. The number of hydrogen-bond acceptors (Lipinski definition) is 0. The first kappa shape index (κ1) is 32.4. The molecule has 0 saturated carbocycles. The van der Waals surface area contributed by atoms with Crippen molar-refractivity contribution >= 4 is 21.5 Å². The summed E-state index contributed by atoms with van der Waals surface area (Å²) in [7, 11) is 0. The summed E-state index contributed by atoms with van der Waals surface area (Å²) in [6.07, 6.45) is 0. The lowest BCUT2D eigenvalue weighted by molar-refractivity contribution is 1.10. The van der Waals surface area contributed by atoms with Crippen LogP contribution < -0.4 is 0 Å². The summed E-state index contributed by atoms with van der Waals surface area (Å²) in [5.74, 6) is 0. The van der Waals surface area contributed by atoms with Gasteiger partial charge < -0.3 is 4.57 Å². The minimum absolute atomic E-state index is 1.12. The number of nitrogens with zero attached hydrogens (tertiary/aromatic N) is 1. The molecule has 258 valence electrons. The van der Waals surface area contributed by atoms with Crippen molar-refractivity contribution < 1.29 is 0 Å². The lowest BCUT2D eigenvalue weighted by Crippen LogP contribution is -2.00. The van der Waals surface area contributed by atoms with Gasteiger partial charge in [0.05, 0.1) is 11.4 Å². The van der Waals surface area contributed by atoms with Crippen molar-refractivity contribution in [2.45, 2.75) is 0 Å². The normalized spacial score (nSPS) is 11.3. The molecule has 0 aliphatic rings. The first-order valence-corrected chi connectivity index (χ1v) is 18.9. The standard InChI is InChI=1S/C54H37N/c1-5-17-38(18-6-1)42-25-15-27-44(35-42)53-47-29-13-14-30-48(47)54(45-28-16-26-43(36-45)39-19-7-2-8-20-39)50-37-46(31-32-49(50)53)55-51(40-21-9-3-10-22-40)33-34-52(55)41-23-11-4-12-24-41/h1-37H. The fourth-order valence-corrected chi connectivity index (χ4v) is 8.28. The Morgan fingerprint density at radius 1 is 0.218 bits per heavy atom. The fraction of sp³-hybridized carbons (Fsp3) is 0. The first-order chi connectivity index (χ1) is 27.3. The molecule has 0 bridgehead atoms. The van der Waals surface area contributed by atoms with E-state index in [1.165, 1.54) is 77.2 Å². The molecule has 0 saturated heterocycles. The third kappa shape index (κ3) is 5.93. The second kappa shape index (κ2) is 14.0. The first-order valence-electron chi connectivity index (χ1n) is 18.9. The van der Waals surface area contributed by atoms with Gasteiger partial charge in [-0.3, -0.25) is 0 Å². The van der Waals surface area contributed by atoms with Crippen molar-refractivity contribution in [1.29, 1.82) is 0 Å². The maximum absolute atomic E-state index is 2.43.